The van der Waals surface area contributed by atoms with Gasteiger partial charge in [0.2, 0.25) is 5.91 Å². The van der Waals surface area contributed by atoms with Crippen LogP contribution in [0.3, 0.4) is 0 Å². The Labute approximate surface area is 143 Å². The summed E-state index contributed by atoms with van der Waals surface area (Å²) in [6.07, 6.45) is 8.18. The summed E-state index contributed by atoms with van der Waals surface area (Å²) in [5.41, 5.74) is 2.02. The molecule has 1 aliphatic rings. The van der Waals surface area contributed by atoms with Gasteiger partial charge in [-0.1, -0.05) is 31.4 Å². The number of anilines is 1. The normalized spacial score (nSPS) is 15.2. The minimum absolute atomic E-state index is 0.0165. The molecule has 1 aromatic carbocycles. The fraction of sp³-hybridized carbons (Fsp3) is 0.474. The number of aromatic nitrogens is 2. The number of ether oxygens (including phenoxy) is 1. The number of benzene rings is 1. The van der Waals surface area contributed by atoms with Crippen LogP contribution >= 0.6 is 0 Å². The van der Waals surface area contributed by atoms with Crippen molar-refractivity contribution in [2.45, 2.75) is 51.5 Å². The Balaban J connectivity index is 1.65. The van der Waals surface area contributed by atoms with Crippen molar-refractivity contribution in [1.82, 2.24) is 9.78 Å². The van der Waals surface area contributed by atoms with E-state index in [1.165, 1.54) is 19.3 Å². The molecule has 2 aromatic rings. The summed E-state index contributed by atoms with van der Waals surface area (Å²) in [5, 5.41) is 7.44. The fourth-order valence-electron chi connectivity index (χ4n) is 3.45. The van der Waals surface area contributed by atoms with Crippen LogP contribution in [0.4, 0.5) is 5.82 Å². The van der Waals surface area contributed by atoms with Crippen molar-refractivity contribution in [1.29, 1.82) is 0 Å². The van der Waals surface area contributed by atoms with Crippen molar-refractivity contribution < 1.29 is 9.53 Å². The van der Waals surface area contributed by atoms with Crippen LogP contribution in [0, 0.1) is 6.92 Å². The third-order valence-corrected chi connectivity index (χ3v) is 4.68. The Bertz CT molecular complexity index is 702. The molecule has 0 aliphatic heterocycles. The summed E-state index contributed by atoms with van der Waals surface area (Å²) in [7, 11) is 1.65. The number of hydrogen-bond donors (Lipinski definition) is 1. The molecule has 24 heavy (non-hydrogen) atoms. The van der Waals surface area contributed by atoms with Crippen molar-refractivity contribution in [3.05, 3.63) is 41.6 Å². The second-order valence-electron chi connectivity index (χ2n) is 6.48. The average molecular weight is 327 g/mol. The highest BCUT2D eigenvalue weighted by Gasteiger charge is 2.19. The van der Waals surface area contributed by atoms with E-state index in [9.17, 15) is 4.79 Å². The first-order valence-electron chi connectivity index (χ1n) is 8.64. The highest BCUT2D eigenvalue weighted by molar-refractivity contribution is 5.91. The smallest absolute Gasteiger partial charge is 0.229 e. The monoisotopic (exact) mass is 327 g/mol. The van der Waals surface area contributed by atoms with Crippen LogP contribution in [-0.4, -0.2) is 22.8 Å². The lowest BCUT2D eigenvalue weighted by molar-refractivity contribution is -0.115. The summed E-state index contributed by atoms with van der Waals surface area (Å²) >= 11 is 0. The van der Waals surface area contributed by atoms with Gasteiger partial charge in [0.1, 0.15) is 11.6 Å². The first-order chi connectivity index (χ1) is 11.7. The standard InChI is InChI=1S/C19H25N3O2/c1-14-12-15(8-9-17(14)24-2)13-19(23)21-18-10-11-20-22(18)16-6-4-3-5-7-16/h8-12,16H,3-7,13H2,1-2H3,(H,21,23). The van der Waals surface area contributed by atoms with Crippen LogP contribution in [-0.2, 0) is 11.2 Å². The molecule has 5 nitrogen and oxygen atoms in total. The number of amides is 1. The molecule has 1 aliphatic carbocycles. The molecule has 0 saturated heterocycles. The summed E-state index contributed by atoms with van der Waals surface area (Å²) in [6.45, 7) is 1.98. The highest BCUT2D eigenvalue weighted by atomic mass is 16.5. The van der Waals surface area contributed by atoms with Gasteiger partial charge in [-0.2, -0.15) is 5.10 Å². The molecule has 0 bridgehead atoms. The number of hydrogen-bond acceptors (Lipinski definition) is 3. The molecule has 1 saturated carbocycles. The zero-order valence-electron chi connectivity index (χ0n) is 14.4. The number of nitrogens with one attached hydrogen (secondary N) is 1. The van der Waals surface area contributed by atoms with E-state index in [-0.39, 0.29) is 5.91 Å². The maximum Gasteiger partial charge on any atom is 0.229 e. The second kappa shape index (κ2) is 7.51. The van der Waals surface area contributed by atoms with Crippen LogP contribution in [0.2, 0.25) is 0 Å². The van der Waals surface area contributed by atoms with E-state index in [1.807, 2.05) is 35.9 Å². The third kappa shape index (κ3) is 3.78. The van der Waals surface area contributed by atoms with Crippen LogP contribution in [0.15, 0.2) is 30.5 Å². The quantitative estimate of drug-likeness (QED) is 0.906. The third-order valence-electron chi connectivity index (χ3n) is 4.68. The molecule has 0 unspecified atom stereocenters. The van der Waals surface area contributed by atoms with Gasteiger partial charge < -0.3 is 10.1 Å². The minimum Gasteiger partial charge on any atom is -0.496 e. The molecule has 1 fully saturated rings. The average Bonchev–Trinajstić information content (AvgIpc) is 3.04. The van der Waals surface area contributed by atoms with Gasteiger partial charge in [0.15, 0.2) is 0 Å². The Kier molecular flexibility index (Phi) is 5.18. The van der Waals surface area contributed by atoms with Gasteiger partial charge in [-0.15, -0.1) is 0 Å². The van der Waals surface area contributed by atoms with Crippen LogP contribution in [0.25, 0.3) is 0 Å². The van der Waals surface area contributed by atoms with Crippen molar-refractivity contribution in [2.24, 2.45) is 0 Å². The number of nitrogens with zero attached hydrogens (tertiary/aromatic N) is 2. The largest absolute Gasteiger partial charge is 0.496 e. The molecule has 0 spiro atoms. The van der Waals surface area contributed by atoms with E-state index in [0.29, 0.717) is 12.5 Å². The lowest BCUT2D eigenvalue weighted by Gasteiger charge is -2.23. The lowest BCUT2D eigenvalue weighted by Crippen LogP contribution is -2.21. The van der Waals surface area contributed by atoms with Gasteiger partial charge in [0.05, 0.1) is 25.8 Å². The molecule has 0 atom stereocenters. The predicted octanol–water partition coefficient (Wildman–Crippen LogP) is 3.89. The van der Waals surface area contributed by atoms with E-state index in [4.69, 9.17) is 4.74 Å². The maximum absolute atomic E-state index is 12.4. The Morgan fingerprint density at radius 1 is 1.29 bits per heavy atom. The maximum atomic E-state index is 12.4. The Hall–Kier alpha value is -2.30. The molecular weight excluding hydrogens is 302 g/mol. The summed E-state index contributed by atoms with van der Waals surface area (Å²) in [5.74, 6) is 1.63. The first kappa shape index (κ1) is 16.6. The molecule has 1 amide bonds. The van der Waals surface area contributed by atoms with E-state index < -0.39 is 0 Å². The SMILES string of the molecule is COc1ccc(CC(=O)Nc2ccnn2C2CCCCC2)cc1C. The molecule has 3 rings (SSSR count). The van der Waals surface area contributed by atoms with Gasteiger partial charge in [-0.05, 0) is 37.0 Å². The van der Waals surface area contributed by atoms with Gasteiger partial charge in [0.25, 0.3) is 0 Å². The molecule has 0 radical (unpaired) electrons. The number of rotatable bonds is 5. The van der Waals surface area contributed by atoms with Crippen molar-refractivity contribution >= 4 is 11.7 Å². The Morgan fingerprint density at radius 3 is 2.79 bits per heavy atom. The molecular formula is C19H25N3O2. The first-order valence-corrected chi connectivity index (χ1v) is 8.64. The van der Waals surface area contributed by atoms with Crippen LogP contribution in [0.1, 0.15) is 49.3 Å². The van der Waals surface area contributed by atoms with E-state index in [1.54, 1.807) is 13.3 Å². The minimum atomic E-state index is -0.0165. The predicted molar refractivity (Wildman–Crippen MR) is 94.4 cm³/mol. The van der Waals surface area contributed by atoms with E-state index >= 15 is 0 Å². The second-order valence-corrected chi connectivity index (χ2v) is 6.48. The van der Waals surface area contributed by atoms with Crippen molar-refractivity contribution in [3.8, 4) is 5.75 Å². The molecule has 1 heterocycles. The highest BCUT2D eigenvalue weighted by Crippen LogP contribution is 2.30. The zero-order valence-corrected chi connectivity index (χ0v) is 14.4. The molecule has 1 aromatic heterocycles. The van der Waals surface area contributed by atoms with Gasteiger partial charge >= 0.3 is 0 Å². The van der Waals surface area contributed by atoms with Crippen LogP contribution in [0.5, 0.6) is 5.75 Å². The molecule has 1 N–H and O–H groups in total. The van der Waals surface area contributed by atoms with E-state index in [2.05, 4.69) is 10.4 Å². The lowest BCUT2D eigenvalue weighted by atomic mass is 9.96. The van der Waals surface area contributed by atoms with Gasteiger partial charge in [0, 0.05) is 6.07 Å². The van der Waals surface area contributed by atoms with E-state index in [0.717, 1.165) is 35.5 Å². The number of aryl methyl sites for hydroxylation is 1. The van der Waals surface area contributed by atoms with Crippen LogP contribution < -0.4 is 10.1 Å². The Morgan fingerprint density at radius 2 is 2.08 bits per heavy atom. The molecule has 128 valence electrons. The fourth-order valence-corrected chi connectivity index (χ4v) is 3.45. The summed E-state index contributed by atoms with van der Waals surface area (Å²) in [6, 6.07) is 8.13. The zero-order chi connectivity index (χ0) is 16.9. The molecule has 5 heteroatoms. The summed E-state index contributed by atoms with van der Waals surface area (Å²) in [4.78, 5) is 12.4. The number of methoxy groups -OCH3 is 1. The topological polar surface area (TPSA) is 56.1 Å². The number of carbonyl (C=O) groups is 1. The van der Waals surface area contributed by atoms with Gasteiger partial charge in [-0.25, -0.2) is 4.68 Å². The van der Waals surface area contributed by atoms with Gasteiger partial charge in [-0.3, -0.25) is 4.79 Å². The number of carbonyl (C=O) groups excluding carboxylic acids is 1. The van der Waals surface area contributed by atoms with Crippen molar-refractivity contribution in [3.63, 3.8) is 0 Å². The van der Waals surface area contributed by atoms with Crippen molar-refractivity contribution in [2.75, 3.05) is 12.4 Å². The summed E-state index contributed by atoms with van der Waals surface area (Å²) < 4.78 is 7.24.